The first-order valence-corrected chi connectivity index (χ1v) is 5.70. The maximum Gasteiger partial charge on any atom is 0.433 e. The second-order valence-electron chi connectivity index (χ2n) is 4.15. The zero-order valence-electron chi connectivity index (χ0n) is 10.8. The Labute approximate surface area is 116 Å². The highest BCUT2D eigenvalue weighted by atomic mass is 19.4. The van der Waals surface area contributed by atoms with Gasteiger partial charge in [0.2, 0.25) is 0 Å². The number of aryl methyl sites for hydroxylation is 1. The normalized spacial score (nSPS) is 11.4. The van der Waals surface area contributed by atoms with Gasteiger partial charge in [-0.05, 0) is 6.07 Å². The zero-order valence-corrected chi connectivity index (χ0v) is 10.8. The van der Waals surface area contributed by atoms with Crippen LogP contribution < -0.4 is 5.32 Å². The standard InChI is InChI=1S/C11H10F3N5O2/c1-18-3-2-15-10(18)6-16-7-4-9(11(12,13)14)17-5-8(7)19(20)21/h2-5H,6H2,1H3,(H,16,17). The number of nitro groups is 1. The molecule has 10 heteroatoms. The number of hydrogen-bond acceptors (Lipinski definition) is 5. The molecule has 1 N–H and O–H groups in total. The van der Waals surface area contributed by atoms with Gasteiger partial charge in [-0.2, -0.15) is 13.2 Å². The van der Waals surface area contributed by atoms with Gasteiger partial charge in [0, 0.05) is 19.4 Å². The fourth-order valence-electron chi connectivity index (χ4n) is 1.63. The molecule has 2 heterocycles. The second kappa shape index (κ2) is 5.38. The zero-order chi connectivity index (χ0) is 15.6. The number of alkyl halides is 3. The Morgan fingerprint density at radius 3 is 2.67 bits per heavy atom. The lowest BCUT2D eigenvalue weighted by Crippen LogP contribution is -2.12. The number of nitrogens with one attached hydrogen (secondary N) is 1. The summed E-state index contributed by atoms with van der Waals surface area (Å²) in [5.41, 5.74) is -1.99. The molecule has 0 unspecified atom stereocenters. The summed E-state index contributed by atoms with van der Waals surface area (Å²) in [5, 5.41) is 13.4. The summed E-state index contributed by atoms with van der Waals surface area (Å²) in [6, 6.07) is 0.612. The third-order valence-corrected chi connectivity index (χ3v) is 2.73. The van der Waals surface area contributed by atoms with Gasteiger partial charge in [-0.3, -0.25) is 10.1 Å². The van der Waals surface area contributed by atoms with E-state index in [-0.39, 0.29) is 12.2 Å². The number of halogens is 3. The van der Waals surface area contributed by atoms with E-state index >= 15 is 0 Å². The Bertz CT molecular complexity index is 668. The molecule has 0 fully saturated rings. The van der Waals surface area contributed by atoms with Crippen molar-refractivity contribution in [2.24, 2.45) is 7.05 Å². The lowest BCUT2D eigenvalue weighted by Gasteiger charge is -2.10. The summed E-state index contributed by atoms with van der Waals surface area (Å²) >= 11 is 0. The van der Waals surface area contributed by atoms with Gasteiger partial charge >= 0.3 is 11.9 Å². The van der Waals surface area contributed by atoms with Crippen molar-refractivity contribution in [1.29, 1.82) is 0 Å². The van der Waals surface area contributed by atoms with Crippen molar-refractivity contribution in [3.8, 4) is 0 Å². The third-order valence-electron chi connectivity index (χ3n) is 2.73. The van der Waals surface area contributed by atoms with Crippen molar-refractivity contribution in [1.82, 2.24) is 14.5 Å². The molecule has 0 amide bonds. The van der Waals surface area contributed by atoms with Gasteiger partial charge in [0.25, 0.3) is 0 Å². The number of anilines is 1. The van der Waals surface area contributed by atoms with Crippen LogP contribution in [0.5, 0.6) is 0 Å². The van der Waals surface area contributed by atoms with E-state index in [1.165, 1.54) is 6.20 Å². The Hall–Kier alpha value is -2.65. The van der Waals surface area contributed by atoms with E-state index in [1.54, 1.807) is 17.8 Å². The number of pyridine rings is 1. The van der Waals surface area contributed by atoms with E-state index < -0.39 is 22.5 Å². The van der Waals surface area contributed by atoms with Crippen molar-refractivity contribution in [3.05, 3.63) is 46.3 Å². The largest absolute Gasteiger partial charge is 0.433 e. The average molecular weight is 301 g/mol. The molecule has 2 aromatic rings. The second-order valence-corrected chi connectivity index (χ2v) is 4.15. The van der Waals surface area contributed by atoms with Gasteiger partial charge in [0.15, 0.2) is 0 Å². The first-order chi connectivity index (χ1) is 9.79. The summed E-state index contributed by atoms with van der Waals surface area (Å²) in [4.78, 5) is 17.1. The van der Waals surface area contributed by atoms with E-state index in [0.29, 0.717) is 18.1 Å². The Kier molecular flexibility index (Phi) is 3.78. The minimum Gasteiger partial charge on any atom is -0.372 e. The summed E-state index contributed by atoms with van der Waals surface area (Å²) in [5.74, 6) is 0.523. The lowest BCUT2D eigenvalue weighted by molar-refractivity contribution is -0.384. The molecule has 0 aromatic carbocycles. The number of nitrogens with zero attached hydrogens (tertiary/aromatic N) is 4. The van der Waals surface area contributed by atoms with Crippen LogP contribution in [0.25, 0.3) is 0 Å². The maximum atomic E-state index is 12.6. The Morgan fingerprint density at radius 2 is 2.14 bits per heavy atom. The molecular weight excluding hydrogens is 291 g/mol. The van der Waals surface area contributed by atoms with Crippen molar-refractivity contribution < 1.29 is 18.1 Å². The first kappa shape index (κ1) is 14.8. The number of imidazole rings is 1. The molecule has 0 spiro atoms. The van der Waals surface area contributed by atoms with Crippen LogP contribution in [0.2, 0.25) is 0 Å². The van der Waals surface area contributed by atoms with Gasteiger partial charge in [-0.1, -0.05) is 0 Å². The highest BCUT2D eigenvalue weighted by molar-refractivity contribution is 5.61. The molecule has 0 aliphatic rings. The summed E-state index contributed by atoms with van der Waals surface area (Å²) in [6.45, 7) is 0.0473. The van der Waals surface area contributed by atoms with E-state index in [2.05, 4.69) is 15.3 Å². The number of aromatic nitrogens is 3. The molecule has 7 nitrogen and oxygen atoms in total. The van der Waals surface area contributed by atoms with Crippen LogP contribution in [0.1, 0.15) is 11.5 Å². The number of rotatable bonds is 4. The molecule has 2 aromatic heterocycles. The van der Waals surface area contributed by atoms with Gasteiger partial charge in [0.05, 0.1) is 11.5 Å². The average Bonchev–Trinajstić information content (AvgIpc) is 2.80. The van der Waals surface area contributed by atoms with Crippen LogP contribution in [0.4, 0.5) is 24.5 Å². The molecule has 0 saturated heterocycles. The minimum absolute atomic E-state index is 0.0473. The molecule has 112 valence electrons. The molecule has 0 radical (unpaired) electrons. The van der Waals surface area contributed by atoms with Crippen molar-refractivity contribution in [3.63, 3.8) is 0 Å². The van der Waals surface area contributed by atoms with Gasteiger partial charge in [-0.15, -0.1) is 0 Å². The van der Waals surface area contributed by atoms with Crippen molar-refractivity contribution in [2.75, 3.05) is 5.32 Å². The van der Waals surface area contributed by atoms with Crippen LogP contribution >= 0.6 is 0 Å². The molecule has 0 saturated carbocycles. The van der Waals surface area contributed by atoms with Gasteiger partial charge in [0.1, 0.15) is 23.4 Å². The fraction of sp³-hybridized carbons (Fsp3) is 0.273. The highest BCUT2D eigenvalue weighted by Gasteiger charge is 2.34. The Balaban J connectivity index is 2.31. The molecule has 2 rings (SSSR count). The van der Waals surface area contributed by atoms with Gasteiger partial charge < -0.3 is 9.88 Å². The van der Waals surface area contributed by atoms with Crippen LogP contribution in [-0.2, 0) is 19.8 Å². The molecule has 21 heavy (non-hydrogen) atoms. The Morgan fingerprint density at radius 1 is 1.43 bits per heavy atom. The van der Waals surface area contributed by atoms with E-state index in [0.717, 1.165) is 0 Å². The van der Waals surface area contributed by atoms with Crippen LogP contribution in [0.3, 0.4) is 0 Å². The quantitative estimate of drug-likeness (QED) is 0.692. The van der Waals surface area contributed by atoms with Gasteiger partial charge in [-0.25, -0.2) is 9.97 Å². The smallest absolute Gasteiger partial charge is 0.372 e. The molecule has 0 bridgehead atoms. The fourth-order valence-corrected chi connectivity index (χ4v) is 1.63. The predicted molar refractivity (Wildman–Crippen MR) is 66.4 cm³/mol. The highest BCUT2D eigenvalue weighted by Crippen LogP contribution is 2.32. The van der Waals surface area contributed by atoms with Crippen molar-refractivity contribution >= 4 is 11.4 Å². The lowest BCUT2D eigenvalue weighted by atomic mass is 10.2. The third kappa shape index (κ3) is 3.27. The molecule has 0 aliphatic heterocycles. The van der Waals surface area contributed by atoms with Crippen molar-refractivity contribution in [2.45, 2.75) is 12.7 Å². The summed E-state index contributed by atoms with van der Waals surface area (Å²) in [6.07, 6.45) is -0.920. The minimum atomic E-state index is -4.67. The monoisotopic (exact) mass is 301 g/mol. The van der Waals surface area contributed by atoms with E-state index in [9.17, 15) is 23.3 Å². The topological polar surface area (TPSA) is 85.9 Å². The summed E-state index contributed by atoms with van der Waals surface area (Å²) in [7, 11) is 1.70. The van der Waals surface area contributed by atoms with Crippen LogP contribution in [0, 0.1) is 10.1 Å². The molecule has 0 aliphatic carbocycles. The molecular formula is C11H10F3N5O2. The van der Waals surface area contributed by atoms with Crippen LogP contribution in [0.15, 0.2) is 24.7 Å². The first-order valence-electron chi connectivity index (χ1n) is 5.70. The van der Waals surface area contributed by atoms with E-state index in [1.807, 2.05) is 0 Å². The van der Waals surface area contributed by atoms with E-state index in [4.69, 9.17) is 0 Å². The SMILES string of the molecule is Cn1ccnc1CNc1cc(C(F)(F)F)ncc1[N+](=O)[O-]. The van der Waals surface area contributed by atoms with Crippen LogP contribution in [-0.4, -0.2) is 19.5 Å². The predicted octanol–water partition coefficient (Wildman–Crippen LogP) is 2.35. The summed E-state index contributed by atoms with van der Waals surface area (Å²) < 4.78 is 39.4. The molecule has 0 atom stereocenters. The maximum absolute atomic E-state index is 12.6. The number of hydrogen-bond donors (Lipinski definition) is 1.